The molecule has 0 radical (unpaired) electrons. The van der Waals surface area contributed by atoms with Crippen LogP contribution in [0.3, 0.4) is 0 Å². The summed E-state index contributed by atoms with van der Waals surface area (Å²) >= 11 is 3.14. The van der Waals surface area contributed by atoms with Gasteiger partial charge in [-0.1, -0.05) is 28.1 Å². The van der Waals surface area contributed by atoms with Gasteiger partial charge in [0.05, 0.1) is 7.11 Å². The number of carboxylic acids is 1. The van der Waals surface area contributed by atoms with Crippen LogP contribution in [0.15, 0.2) is 18.2 Å². The Hall–Kier alpha value is -1.40. The average molecular weight is 317 g/mol. The normalized spacial score (nSPS) is 11.9. The molecule has 0 bridgehead atoms. The van der Waals surface area contributed by atoms with Crippen LogP contribution in [0.25, 0.3) is 0 Å². The summed E-state index contributed by atoms with van der Waals surface area (Å²) in [5, 5.41) is 19.0. The number of alkyl halides is 1. The molecule has 0 amide bonds. The molecule has 0 aromatic heterocycles. The van der Waals surface area contributed by atoms with Crippen molar-refractivity contribution in [1.82, 2.24) is 0 Å². The SMILES string of the molecule is COc1cccc(C(=O)CCBr)c1C(O)C(=O)O. The summed E-state index contributed by atoms with van der Waals surface area (Å²) in [6.45, 7) is 0. The van der Waals surface area contributed by atoms with Gasteiger partial charge in [0.2, 0.25) is 0 Å². The van der Waals surface area contributed by atoms with Crippen molar-refractivity contribution >= 4 is 27.7 Å². The van der Waals surface area contributed by atoms with Crippen LogP contribution in [0.4, 0.5) is 0 Å². The topological polar surface area (TPSA) is 83.8 Å². The van der Waals surface area contributed by atoms with Gasteiger partial charge in [-0.15, -0.1) is 0 Å². The summed E-state index contributed by atoms with van der Waals surface area (Å²) in [6, 6.07) is 4.57. The molecule has 1 aromatic carbocycles. The predicted molar refractivity (Wildman–Crippen MR) is 68.3 cm³/mol. The Labute approximate surface area is 113 Å². The average Bonchev–Trinajstić information content (AvgIpc) is 2.37. The molecule has 0 heterocycles. The number of aliphatic hydroxyl groups is 1. The quantitative estimate of drug-likeness (QED) is 0.617. The zero-order chi connectivity index (χ0) is 13.7. The van der Waals surface area contributed by atoms with E-state index in [4.69, 9.17) is 9.84 Å². The van der Waals surface area contributed by atoms with Crippen LogP contribution in [0.2, 0.25) is 0 Å². The number of Topliss-reactive ketones (excluding diaryl/α,β-unsaturated/α-hetero) is 1. The standard InChI is InChI=1S/C12H13BrO5/c1-18-9-4-2-3-7(8(14)5-6-13)10(9)11(15)12(16)17/h2-4,11,15H,5-6H2,1H3,(H,16,17). The number of aliphatic hydroxyl groups excluding tert-OH is 1. The molecule has 0 aliphatic heterocycles. The van der Waals surface area contributed by atoms with E-state index in [1.807, 2.05) is 0 Å². The minimum Gasteiger partial charge on any atom is -0.496 e. The Kier molecular flexibility index (Phi) is 5.30. The van der Waals surface area contributed by atoms with Crippen LogP contribution in [-0.2, 0) is 4.79 Å². The van der Waals surface area contributed by atoms with Crippen molar-refractivity contribution in [2.45, 2.75) is 12.5 Å². The van der Waals surface area contributed by atoms with Crippen molar-refractivity contribution in [1.29, 1.82) is 0 Å². The highest BCUT2D eigenvalue weighted by atomic mass is 79.9. The predicted octanol–water partition coefficient (Wildman–Crippen LogP) is 1.78. The minimum atomic E-state index is -1.78. The van der Waals surface area contributed by atoms with Crippen molar-refractivity contribution < 1.29 is 24.5 Å². The fourth-order valence-electron chi connectivity index (χ4n) is 1.59. The third-order valence-corrected chi connectivity index (χ3v) is 2.81. The summed E-state index contributed by atoms with van der Waals surface area (Å²) < 4.78 is 5.00. The highest BCUT2D eigenvalue weighted by Crippen LogP contribution is 2.30. The van der Waals surface area contributed by atoms with Gasteiger partial charge < -0.3 is 14.9 Å². The van der Waals surface area contributed by atoms with Gasteiger partial charge in [0, 0.05) is 22.9 Å². The molecule has 0 saturated heterocycles. The van der Waals surface area contributed by atoms with E-state index in [0.717, 1.165) is 0 Å². The van der Waals surface area contributed by atoms with Gasteiger partial charge in [0.1, 0.15) is 5.75 Å². The lowest BCUT2D eigenvalue weighted by Crippen LogP contribution is -2.16. The zero-order valence-electron chi connectivity index (χ0n) is 9.72. The van der Waals surface area contributed by atoms with Crippen LogP contribution < -0.4 is 4.74 Å². The molecule has 0 aliphatic carbocycles. The van der Waals surface area contributed by atoms with Gasteiger partial charge in [-0.2, -0.15) is 0 Å². The lowest BCUT2D eigenvalue weighted by Gasteiger charge is -2.15. The number of ether oxygens (including phenoxy) is 1. The van der Waals surface area contributed by atoms with Gasteiger partial charge in [0.15, 0.2) is 11.9 Å². The fourth-order valence-corrected chi connectivity index (χ4v) is 1.95. The number of hydrogen-bond donors (Lipinski definition) is 2. The van der Waals surface area contributed by atoms with E-state index in [2.05, 4.69) is 15.9 Å². The van der Waals surface area contributed by atoms with Gasteiger partial charge in [-0.25, -0.2) is 4.79 Å². The number of carbonyl (C=O) groups is 2. The first kappa shape index (κ1) is 14.7. The summed E-state index contributed by atoms with van der Waals surface area (Å²) in [5.41, 5.74) is 0.169. The highest BCUT2D eigenvalue weighted by Gasteiger charge is 2.26. The van der Waals surface area contributed by atoms with Crippen molar-refractivity contribution in [3.8, 4) is 5.75 Å². The Balaban J connectivity index is 3.33. The first-order chi connectivity index (χ1) is 8.52. The largest absolute Gasteiger partial charge is 0.496 e. The monoisotopic (exact) mass is 316 g/mol. The van der Waals surface area contributed by atoms with Gasteiger partial charge >= 0.3 is 5.97 Å². The molecule has 0 spiro atoms. The van der Waals surface area contributed by atoms with Crippen molar-refractivity contribution in [3.63, 3.8) is 0 Å². The second kappa shape index (κ2) is 6.51. The second-order valence-electron chi connectivity index (χ2n) is 3.52. The Morgan fingerprint density at radius 2 is 2.11 bits per heavy atom. The molecular formula is C12H13BrO5. The number of benzene rings is 1. The molecule has 98 valence electrons. The maximum atomic E-state index is 11.9. The van der Waals surface area contributed by atoms with Crippen LogP contribution in [0, 0.1) is 0 Å². The molecule has 1 aromatic rings. The first-order valence-corrected chi connectivity index (χ1v) is 6.32. The molecule has 1 unspecified atom stereocenters. The third kappa shape index (κ3) is 3.08. The third-order valence-electron chi connectivity index (χ3n) is 2.42. The van der Waals surface area contributed by atoms with Crippen molar-refractivity contribution in [2.24, 2.45) is 0 Å². The van der Waals surface area contributed by atoms with Gasteiger partial charge in [0.25, 0.3) is 0 Å². The Bertz CT molecular complexity index is 458. The number of methoxy groups -OCH3 is 1. The molecule has 2 N–H and O–H groups in total. The van der Waals surface area contributed by atoms with E-state index < -0.39 is 12.1 Å². The van der Waals surface area contributed by atoms with Gasteiger partial charge in [-0.05, 0) is 6.07 Å². The molecule has 5 nitrogen and oxygen atoms in total. The molecule has 1 atom stereocenters. The van der Waals surface area contributed by atoms with Crippen molar-refractivity contribution in [3.05, 3.63) is 29.3 Å². The number of aliphatic carboxylic acids is 1. The molecule has 0 aliphatic rings. The van der Waals surface area contributed by atoms with Gasteiger partial charge in [-0.3, -0.25) is 4.79 Å². The van der Waals surface area contributed by atoms with E-state index in [1.54, 1.807) is 6.07 Å². The van der Waals surface area contributed by atoms with E-state index in [0.29, 0.717) is 5.33 Å². The Morgan fingerprint density at radius 1 is 1.44 bits per heavy atom. The van der Waals surface area contributed by atoms with Crippen LogP contribution in [-0.4, -0.2) is 34.4 Å². The summed E-state index contributed by atoms with van der Waals surface area (Å²) in [6.07, 6.45) is -1.57. The number of rotatable bonds is 6. The van der Waals surface area contributed by atoms with E-state index in [1.165, 1.54) is 19.2 Å². The van der Waals surface area contributed by atoms with Crippen LogP contribution >= 0.6 is 15.9 Å². The van der Waals surface area contributed by atoms with E-state index in [-0.39, 0.29) is 29.1 Å². The molecule has 6 heteroatoms. The van der Waals surface area contributed by atoms with Crippen LogP contribution in [0.1, 0.15) is 28.4 Å². The molecule has 0 saturated carbocycles. The van der Waals surface area contributed by atoms with E-state index in [9.17, 15) is 14.7 Å². The molecule has 1 rings (SSSR count). The number of halogens is 1. The lowest BCUT2D eigenvalue weighted by molar-refractivity contribution is -0.147. The number of carbonyl (C=O) groups excluding carboxylic acids is 1. The number of ketones is 1. The highest BCUT2D eigenvalue weighted by molar-refractivity contribution is 9.09. The molecular weight excluding hydrogens is 304 g/mol. The zero-order valence-corrected chi connectivity index (χ0v) is 11.3. The van der Waals surface area contributed by atoms with Crippen LogP contribution in [0.5, 0.6) is 5.75 Å². The van der Waals surface area contributed by atoms with E-state index >= 15 is 0 Å². The Morgan fingerprint density at radius 3 is 2.61 bits per heavy atom. The molecule has 18 heavy (non-hydrogen) atoms. The smallest absolute Gasteiger partial charge is 0.337 e. The fraction of sp³-hybridized carbons (Fsp3) is 0.333. The van der Waals surface area contributed by atoms with Crippen molar-refractivity contribution in [2.75, 3.05) is 12.4 Å². The minimum absolute atomic E-state index is 0.00144. The first-order valence-electron chi connectivity index (χ1n) is 5.19. The summed E-state index contributed by atoms with van der Waals surface area (Å²) in [5.74, 6) is -1.49. The summed E-state index contributed by atoms with van der Waals surface area (Å²) in [4.78, 5) is 22.7. The number of carboxylic acid groups (broad SMARTS) is 1. The second-order valence-corrected chi connectivity index (χ2v) is 4.32. The summed E-state index contributed by atoms with van der Waals surface area (Å²) in [7, 11) is 1.35. The number of hydrogen-bond acceptors (Lipinski definition) is 4. The lowest BCUT2D eigenvalue weighted by atomic mass is 9.97. The molecule has 0 fully saturated rings. The maximum Gasteiger partial charge on any atom is 0.337 e. The maximum absolute atomic E-state index is 11.9.